The first-order chi connectivity index (χ1) is 7.69. The number of nitrogens with zero attached hydrogens (tertiary/aromatic N) is 3. The number of fused-ring (bicyclic) bond motifs is 1. The van der Waals surface area contributed by atoms with Gasteiger partial charge in [-0.1, -0.05) is 20.8 Å². The van der Waals surface area contributed by atoms with Crippen LogP contribution in [0.1, 0.15) is 47.4 Å². The maximum Gasteiger partial charge on any atom is 0.144 e. The highest BCUT2D eigenvalue weighted by molar-refractivity contribution is 5.75. The highest BCUT2D eigenvalue weighted by Crippen LogP contribution is 2.25. The van der Waals surface area contributed by atoms with Crippen molar-refractivity contribution in [3.05, 3.63) is 24.3 Å². The summed E-state index contributed by atoms with van der Waals surface area (Å²) in [6, 6.07) is 2.08. The molecule has 92 valence electrons. The first kappa shape index (κ1) is 12.1. The van der Waals surface area contributed by atoms with Crippen LogP contribution in [0, 0.1) is 0 Å². The average Bonchev–Trinajstić information content (AvgIpc) is 2.57. The van der Waals surface area contributed by atoms with Gasteiger partial charge < -0.3 is 4.57 Å². The van der Waals surface area contributed by atoms with Gasteiger partial charge in [0.1, 0.15) is 11.5 Å². The van der Waals surface area contributed by atoms with E-state index in [9.17, 15) is 0 Å². The highest BCUT2D eigenvalue weighted by atomic mass is 15.1. The second-order valence-corrected chi connectivity index (χ2v) is 6.58. The van der Waals surface area contributed by atoms with Crippen LogP contribution in [0.2, 0.25) is 0 Å². The van der Waals surface area contributed by atoms with Gasteiger partial charge in [0.25, 0.3) is 0 Å². The number of rotatable bonds is 0. The lowest BCUT2D eigenvalue weighted by Crippen LogP contribution is -2.22. The number of hydrogen-bond acceptors (Lipinski definition) is 2. The lowest BCUT2D eigenvalue weighted by molar-refractivity contribution is 0.407. The highest BCUT2D eigenvalue weighted by Gasteiger charge is 2.21. The van der Waals surface area contributed by atoms with Crippen LogP contribution in [0.5, 0.6) is 0 Å². The summed E-state index contributed by atoms with van der Waals surface area (Å²) in [4.78, 5) is 9.17. The molecule has 3 heteroatoms. The molecule has 0 aliphatic rings. The summed E-state index contributed by atoms with van der Waals surface area (Å²) in [5.74, 6) is 0.897. The fourth-order valence-electron chi connectivity index (χ4n) is 1.82. The van der Waals surface area contributed by atoms with E-state index in [4.69, 9.17) is 4.98 Å². The Hall–Kier alpha value is -1.38. The van der Waals surface area contributed by atoms with Crippen LogP contribution in [-0.4, -0.2) is 14.5 Å². The summed E-state index contributed by atoms with van der Waals surface area (Å²) in [7, 11) is 0. The van der Waals surface area contributed by atoms with Gasteiger partial charge >= 0.3 is 0 Å². The minimum atomic E-state index is -0.0127. The summed E-state index contributed by atoms with van der Waals surface area (Å²) in [5.41, 5.74) is 1.06. The Balaban J connectivity index is 2.67. The molecule has 0 saturated carbocycles. The van der Waals surface area contributed by atoms with Gasteiger partial charge in [-0.2, -0.15) is 0 Å². The van der Waals surface area contributed by atoms with Crippen LogP contribution in [0.15, 0.2) is 18.5 Å². The Morgan fingerprint density at radius 1 is 1.06 bits per heavy atom. The predicted octanol–water partition coefficient (Wildman–Crippen LogP) is 3.48. The van der Waals surface area contributed by atoms with E-state index in [1.54, 1.807) is 0 Å². The van der Waals surface area contributed by atoms with E-state index in [0.717, 1.165) is 16.9 Å². The van der Waals surface area contributed by atoms with Crippen molar-refractivity contribution in [2.24, 2.45) is 0 Å². The van der Waals surface area contributed by atoms with E-state index in [1.807, 2.05) is 6.20 Å². The van der Waals surface area contributed by atoms with Crippen molar-refractivity contribution in [2.45, 2.75) is 52.5 Å². The third kappa shape index (κ3) is 2.19. The van der Waals surface area contributed by atoms with Crippen LogP contribution >= 0.6 is 0 Å². The Labute approximate surface area is 103 Å². The molecule has 2 heterocycles. The molecule has 0 spiro atoms. The van der Waals surface area contributed by atoms with Crippen molar-refractivity contribution in [3.8, 4) is 0 Å². The monoisotopic (exact) mass is 231 g/mol. The molecule has 0 amide bonds. The molecule has 0 aliphatic heterocycles. The fraction of sp³-hybridized carbons (Fsp3) is 0.571. The molecule has 17 heavy (non-hydrogen) atoms. The Morgan fingerprint density at radius 3 is 2.24 bits per heavy atom. The smallest absolute Gasteiger partial charge is 0.144 e. The van der Waals surface area contributed by atoms with Gasteiger partial charge in [-0.15, -0.1) is 0 Å². The van der Waals surface area contributed by atoms with E-state index in [1.165, 1.54) is 0 Å². The van der Waals surface area contributed by atoms with E-state index in [2.05, 4.69) is 63.4 Å². The van der Waals surface area contributed by atoms with Gasteiger partial charge in [-0.3, -0.25) is 0 Å². The zero-order valence-electron chi connectivity index (χ0n) is 11.6. The predicted molar refractivity (Wildman–Crippen MR) is 71.2 cm³/mol. The second-order valence-electron chi connectivity index (χ2n) is 6.58. The van der Waals surface area contributed by atoms with Gasteiger partial charge in [0.15, 0.2) is 0 Å². The zero-order chi connectivity index (χ0) is 12.8. The maximum absolute atomic E-state index is 4.72. The number of hydrogen-bond donors (Lipinski definition) is 0. The first-order valence-corrected chi connectivity index (χ1v) is 6.05. The Bertz CT molecular complexity index is 539. The van der Waals surface area contributed by atoms with Crippen molar-refractivity contribution in [2.75, 3.05) is 0 Å². The van der Waals surface area contributed by atoms with Gasteiger partial charge in [0, 0.05) is 28.7 Å². The van der Waals surface area contributed by atoms with Crippen molar-refractivity contribution < 1.29 is 0 Å². The van der Waals surface area contributed by atoms with Crippen LogP contribution < -0.4 is 0 Å². The molecule has 0 saturated heterocycles. The van der Waals surface area contributed by atoms with E-state index in [-0.39, 0.29) is 11.0 Å². The first-order valence-electron chi connectivity index (χ1n) is 6.05. The standard InChI is InChI=1S/C14H21N3/c1-13(2,3)12-15-9-10-7-8-17(11(10)16-12)14(4,5)6/h7-9H,1-6H3. The molecule has 2 aromatic heterocycles. The molecule has 0 aliphatic carbocycles. The zero-order valence-corrected chi connectivity index (χ0v) is 11.6. The van der Waals surface area contributed by atoms with E-state index in [0.29, 0.717) is 0 Å². The summed E-state index contributed by atoms with van der Waals surface area (Å²) in [6.07, 6.45) is 4.01. The van der Waals surface area contributed by atoms with Crippen LogP contribution in [-0.2, 0) is 11.0 Å². The van der Waals surface area contributed by atoms with Crippen LogP contribution in [0.3, 0.4) is 0 Å². The second kappa shape index (κ2) is 3.56. The Kier molecular flexibility index (Phi) is 2.53. The molecule has 0 N–H and O–H groups in total. The lowest BCUT2D eigenvalue weighted by atomic mass is 9.96. The summed E-state index contributed by atoms with van der Waals surface area (Å²) < 4.78 is 2.21. The molecule has 2 rings (SSSR count). The Morgan fingerprint density at radius 2 is 1.71 bits per heavy atom. The van der Waals surface area contributed by atoms with Crippen molar-refractivity contribution in [1.29, 1.82) is 0 Å². The molecule has 0 bridgehead atoms. The molecular formula is C14H21N3. The summed E-state index contributed by atoms with van der Waals surface area (Å²) >= 11 is 0. The van der Waals surface area contributed by atoms with Crippen LogP contribution in [0.4, 0.5) is 0 Å². The summed E-state index contributed by atoms with van der Waals surface area (Å²) in [5, 5.41) is 1.10. The van der Waals surface area contributed by atoms with Crippen molar-refractivity contribution >= 4 is 11.0 Å². The SMILES string of the molecule is CC(C)(C)c1ncc2ccn(C(C)(C)C)c2n1. The molecule has 0 aromatic carbocycles. The topological polar surface area (TPSA) is 30.7 Å². The van der Waals surface area contributed by atoms with Gasteiger partial charge in [-0.05, 0) is 26.8 Å². The average molecular weight is 231 g/mol. The lowest BCUT2D eigenvalue weighted by Gasteiger charge is -2.23. The molecule has 3 nitrogen and oxygen atoms in total. The normalized spacial score (nSPS) is 13.3. The van der Waals surface area contributed by atoms with Crippen molar-refractivity contribution in [3.63, 3.8) is 0 Å². The largest absolute Gasteiger partial charge is 0.327 e. The van der Waals surface area contributed by atoms with Crippen molar-refractivity contribution in [1.82, 2.24) is 14.5 Å². The minimum absolute atomic E-state index is 0.0127. The van der Waals surface area contributed by atoms with Gasteiger partial charge in [0.2, 0.25) is 0 Å². The number of aromatic nitrogens is 3. The van der Waals surface area contributed by atoms with Gasteiger partial charge in [-0.25, -0.2) is 9.97 Å². The molecule has 0 atom stereocenters. The molecule has 2 aromatic rings. The molecular weight excluding hydrogens is 210 g/mol. The van der Waals surface area contributed by atoms with Gasteiger partial charge in [0.05, 0.1) is 0 Å². The summed E-state index contributed by atoms with van der Waals surface area (Å²) in [6.45, 7) is 13.0. The van der Waals surface area contributed by atoms with E-state index >= 15 is 0 Å². The maximum atomic E-state index is 4.72. The van der Waals surface area contributed by atoms with Crippen LogP contribution in [0.25, 0.3) is 11.0 Å². The third-order valence-electron chi connectivity index (χ3n) is 2.82. The third-order valence-corrected chi connectivity index (χ3v) is 2.82. The fourth-order valence-corrected chi connectivity index (χ4v) is 1.82. The molecule has 0 radical (unpaired) electrons. The minimum Gasteiger partial charge on any atom is -0.327 e. The molecule has 0 unspecified atom stereocenters. The molecule has 0 fully saturated rings. The van der Waals surface area contributed by atoms with E-state index < -0.39 is 0 Å². The quantitative estimate of drug-likeness (QED) is 0.695.